The zero-order chi connectivity index (χ0) is 19.4. The summed E-state index contributed by atoms with van der Waals surface area (Å²) in [6.07, 6.45) is 2.95. The first-order valence-corrected chi connectivity index (χ1v) is 11.0. The topological polar surface area (TPSA) is 61.4 Å². The average molecular weight is 404 g/mol. The summed E-state index contributed by atoms with van der Waals surface area (Å²) in [5, 5.41) is 6.80. The van der Waals surface area contributed by atoms with Gasteiger partial charge in [0.2, 0.25) is 10.0 Å². The summed E-state index contributed by atoms with van der Waals surface area (Å²) in [6.45, 7) is 5.26. The van der Waals surface area contributed by atoms with Gasteiger partial charge in [0, 0.05) is 24.5 Å². The van der Waals surface area contributed by atoms with E-state index in [0.29, 0.717) is 23.1 Å². The van der Waals surface area contributed by atoms with Crippen molar-refractivity contribution in [2.45, 2.75) is 38.0 Å². The highest BCUT2D eigenvalue weighted by Crippen LogP contribution is 2.23. The molecule has 0 unspecified atom stereocenters. The number of piperidine rings is 1. The van der Waals surface area contributed by atoms with Crippen molar-refractivity contribution >= 4 is 38.7 Å². The van der Waals surface area contributed by atoms with E-state index in [2.05, 4.69) is 10.6 Å². The third-order valence-electron chi connectivity index (χ3n) is 4.78. The summed E-state index contributed by atoms with van der Waals surface area (Å²) in [5.74, 6) is 0. The van der Waals surface area contributed by atoms with E-state index in [1.54, 1.807) is 28.6 Å². The van der Waals surface area contributed by atoms with Crippen molar-refractivity contribution in [3.63, 3.8) is 0 Å². The van der Waals surface area contributed by atoms with Crippen LogP contribution in [-0.4, -0.2) is 30.9 Å². The van der Waals surface area contributed by atoms with Gasteiger partial charge in [-0.2, -0.15) is 4.31 Å². The van der Waals surface area contributed by atoms with Crippen LogP contribution in [0, 0.1) is 13.8 Å². The molecule has 0 saturated carbocycles. The van der Waals surface area contributed by atoms with E-state index < -0.39 is 10.0 Å². The predicted octanol–water partition coefficient (Wildman–Crippen LogP) is 4.29. The lowest BCUT2D eigenvalue weighted by Crippen LogP contribution is -2.35. The highest BCUT2D eigenvalue weighted by molar-refractivity contribution is 7.89. The lowest BCUT2D eigenvalue weighted by atomic mass is 10.1. The van der Waals surface area contributed by atoms with Crippen molar-refractivity contribution in [1.82, 2.24) is 4.31 Å². The Morgan fingerprint density at radius 3 is 2.11 bits per heavy atom. The van der Waals surface area contributed by atoms with Gasteiger partial charge in [-0.1, -0.05) is 24.6 Å². The molecule has 1 aliphatic heterocycles. The number of anilines is 2. The van der Waals surface area contributed by atoms with Gasteiger partial charge >= 0.3 is 0 Å². The third-order valence-corrected chi connectivity index (χ3v) is 6.90. The molecule has 0 aliphatic carbocycles. The Hall–Kier alpha value is -1.96. The Morgan fingerprint density at radius 1 is 0.926 bits per heavy atom. The molecule has 2 N–H and O–H groups in total. The van der Waals surface area contributed by atoms with Crippen molar-refractivity contribution in [1.29, 1.82) is 0 Å². The molecular formula is C20H25N3O2S2. The van der Waals surface area contributed by atoms with E-state index in [0.717, 1.165) is 41.8 Å². The largest absolute Gasteiger partial charge is 0.332 e. The lowest BCUT2D eigenvalue weighted by Gasteiger charge is -2.25. The molecule has 27 heavy (non-hydrogen) atoms. The van der Waals surface area contributed by atoms with E-state index in [-0.39, 0.29) is 0 Å². The summed E-state index contributed by atoms with van der Waals surface area (Å²) in [7, 11) is -3.41. The average Bonchev–Trinajstić information content (AvgIpc) is 2.66. The van der Waals surface area contributed by atoms with Gasteiger partial charge in [-0.3, -0.25) is 0 Å². The molecule has 0 bridgehead atoms. The predicted molar refractivity (Wildman–Crippen MR) is 115 cm³/mol. The van der Waals surface area contributed by atoms with Crippen molar-refractivity contribution in [3.05, 3.63) is 53.6 Å². The number of para-hydroxylation sites is 1. The molecule has 0 aromatic heterocycles. The Bertz CT molecular complexity index is 898. The number of nitrogens with zero attached hydrogens (tertiary/aromatic N) is 1. The number of thiocarbonyl (C=S) groups is 1. The first-order valence-electron chi connectivity index (χ1n) is 9.12. The molecule has 2 aromatic carbocycles. The van der Waals surface area contributed by atoms with E-state index >= 15 is 0 Å². The van der Waals surface area contributed by atoms with Crippen LogP contribution in [0.15, 0.2) is 47.4 Å². The highest BCUT2D eigenvalue weighted by Gasteiger charge is 2.25. The van der Waals surface area contributed by atoms with Gasteiger partial charge in [-0.25, -0.2) is 8.42 Å². The molecule has 3 rings (SSSR count). The van der Waals surface area contributed by atoms with Crippen LogP contribution in [0.2, 0.25) is 0 Å². The Balaban J connectivity index is 1.68. The Kier molecular flexibility index (Phi) is 6.14. The van der Waals surface area contributed by atoms with Crippen LogP contribution >= 0.6 is 12.2 Å². The minimum Gasteiger partial charge on any atom is -0.332 e. The summed E-state index contributed by atoms with van der Waals surface area (Å²) in [4.78, 5) is 0.323. The molecule has 0 radical (unpaired) electrons. The molecule has 0 spiro atoms. The van der Waals surface area contributed by atoms with Crippen molar-refractivity contribution in [2.75, 3.05) is 23.7 Å². The van der Waals surface area contributed by atoms with Gasteiger partial charge < -0.3 is 10.6 Å². The third kappa shape index (κ3) is 4.66. The van der Waals surface area contributed by atoms with Crippen LogP contribution in [0.25, 0.3) is 0 Å². The minimum atomic E-state index is -3.41. The van der Waals surface area contributed by atoms with Gasteiger partial charge in [0.25, 0.3) is 0 Å². The molecule has 1 fully saturated rings. The van der Waals surface area contributed by atoms with Crippen molar-refractivity contribution in [3.8, 4) is 0 Å². The quantitative estimate of drug-likeness (QED) is 0.746. The molecule has 7 heteroatoms. The summed E-state index contributed by atoms with van der Waals surface area (Å²) in [5.41, 5.74) is 3.96. The van der Waals surface area contributed by atoms with Gasteiger partial charge in [0.05, 0.1) is 4.90 Å². The molecule has 1 aliphatic rings. The van der Waals surface area contributed by atoms with Gasteiger partial charge in [0.1, 0.15) is 0 Å². The van der Waals surface area contributed by atoms with E-state index in [1.165, 1.54) is 0 Å². The van der Waals surface area contributed by atoms with Crippen molar-refractivity contribution in [2.24, 2.45) is 0 Å². The first-order chi connectivity index (χ1) is 12.9. The van der Waals surface area contributed by atoms with Crippen molar-refractivity contribution < 1.29 is 8.42 Å². The zero-order valence-electron chi connectivity index (χ0n) is 15.7. The number of benzene rings is 2. The second-order valence-corrected chi connectivity index (χ2v) is 9.18. The van der Waals surface area contributed by atoms with Gasteiger partial charge in [0.15, 0.2) is 5.11 Å². The number of rotatable bonds is 4. The maximum absolute atomic E-state index is 12.7. The fourth-order valence-corrected chi connectivity index (χ4v) is 4.99. The molecule has 1 heterocycles. The summed E-state index contributed by atoms with van der Waals surface area (Å²) < 4.78 is 27.0. The summed E-state index contributed by atoms with van der Waals surface area (Å²) in [6, 6.07) is 12.8. The van der Waals surface area contributed by atoms with Crippen LogP contribution in [-0.2, 0) is 10.0 Å². The first kappa shape index (κ1) is 19.8. The van der Waals surface area contributed by atoms with Crippen LogP contribution in [0.5, 0.6) is 0 Å². The van der Waals surface area contributed by atoms with E-state index in [4.69, 9.17) is 12.2 Å². The van der Waals surface area contributed by atoms with E-state index in [1.807, 2.05) is 32.0 Å². The van der Waals surface area contributed by atoms with Gasteiger partial charge in [-0.15, -0.1) is 0 Å². The van der Waals surface area contributed by atoms with Crippen LogP contribution < -0.4 is 10.6 Å². The Morgan fingerprint density at radius 2 is 1.52 bits per heavy atom. The molecule has 2 aromatic rings. The number of aryl methyl sites for hydroxylation is 2. The fraction of sp³-hybridized carbons (Fsp3) is 0.350. The van der Waals surface area contributed by atoms with Gasteiger partial charge in [-0.05, 0) is 74.3 Å². The van der Waals surface area contributed by atoms with Crippen LogP contribution in [0.3, 0.4) is 0 Å². The molecule has 5 nitrogen and oxygen atoms in total. The minimum absolute atomic E-state index is 0.323. The molecular weight excluding hydrogens is 378 g/mol. The normalized spacial score (nSPS) is 15.3. The second-order valence-electron chi connectivity index (χ2n) is 6.84. The monoisotopic (exact) mass is 403 g/mol. The number of hydrogen-bond donors (Lipinski definition) is 2. The SMILES string of the molecule is Cc1cccc(C)c1NC(=S)Nc1ccc(S(=O)(=O)N2CCCCC2)cc1. The molecule has 0 amide bonds. The zero-order valence-corrected chi connectivity index (χ0v) is 17.3. The lowest BCUT2D eigenvalue weighted by molar-refractivity contribution is 0.346. The standard InChI is InChI=1S/C20H25N3O2S2/c1-15-7-6-8-16(2)19(15)22-20(26)21-17-9-11-18(12-10-17)27(24,25)23-13-4-3-5-14-23/h6-12H,3-5,13-14H2,1-2H3,(H2,21,22,26). The smallest absolute Gasteiger partial charge is 0.243 e. The number of hydrogen-bond acceptors (Lipinski definition) is 3. The van der Waals surface area contributed by atoms with E-state index in [9.17, 15) is 8.42 Å². The summed E-state index contributed by atoms with van der Waals surface area (Å²) >= 11 is 5.40. The van der Waals surface area contributed by atoms with Crippen LogP contribution in [0.4, 0.5) is 11.4 Å². The number of sulfonamides is 1. The fourth-order valence-electron chi connectivity index (χ4n) is 3.25. The maximum atomic E-state index is 12.7. The molecule has 144 valence electrons. The number of nitrogens with one attached hydrogen (secondary N) is 2. The maximum Gasteiger partial charge on any atom is 0.243 e. The highest BCUT2D eigenvalue weighted by atomic mass is 32.2. The molecule has 0 atom stereocenters. The molecule has 1 saturated heterocycles. The second kappa shape index (κ2) is 8.37. The Labute approximate surface area is 166 Å². The van der Waals surface area contributed by atoms with Crippen LogP contribution in [0.1, 0.15) is 30.4 Å².